The third-order valence-corrected chi connectivity index (χ3v) is 5.72. The van der Waals surface area contributed by atoms with Gasteiger partial charge in [-0.1, -0.05) is 48.5 Å². The molecule has 148 valence electrons. The molecule has 0 atom stereocenters. The summed E-state index contributed by atoms with van der Waals surface area (Å²) < 4.78 is 12.2. The molecule has 2 saturated heterocycles. The Hall–Kier alpha value is -2.37. The van der Waals surface area contributed by atoms with Crippen LogP contribution >= 0.6 is 0 Å². The topological polar surface area (TPSA) is 50.8 Å². The standard InChI is InChI=1S/C23H28N2O3/c26-22-10-15-28-23(18-24-22)11-13-25(14-12-23)16-20-8-4-5-9-21(20)27-17-19-6-2-1-3-7-19/h1-9H,10-18H2,(H,24,26). The first-order valence-electron chi connectivity index (χ1n) is 10.1. The first kappa shape index (κ1) is 19.0. The quantitative estimate of drug-likeness (QED) is 0.866. The molecule has 0 unspecified atom stereocenters. The maximum atomic E-state index is 11.6. The molecule has 1 N–H and O–H groups in total. The monoisotopic (exact) mass is 380 g/mol. The molecule has 1 spiro atoms. The van der Waals surface area contributed by atoms with Gasteiger partial charge in [-0.15, -0.1) is 0 Å². The van der Waals surface area contributed by atoms with Gasteiger partial charge in [0.15, 0.2) is 0 Å². The number of hydrogen-bond donors (Lipinski definition) is 1. The molecule has 2 fully saturated rings. The lowest BCUT2D eigenvalue weighted by atomic mass is 9.90. The van der Waals surface area contributed by atoms with Gasteiger partial charge in [0.05, 0.1) is 12.2 Å². The Kier molecular flexibility index (Phi) is 5.93. The fourth-order valence-electron chi connectivity index (χ4n) is 3.95. The van der Waals surface area contributed by atoms with Crippen LogP contribution < -0.4 is 10.1 Å². The van der Waals surface area contributed by atoms with E-state index in [1.807, 2.05) is 30.3 Å². The fraction of sp³-hybridized carbons (Fsp3) is 0.435. The van der Waals surface area contributed by atoms with Gasteiger partial charge in [0.1, 0.15) is 12.4 Å². The number of piperidine rings is 1. The summed E-state index contributed by atoms with van der Waals surface area (Å²) in [6, 6.07) is 18.5. The summed E-state index contributed by atoms with van der Waals surface area (Å²) in [5, 5.41) is 3.01. The fourth-order valence-corrected chi connectivity index (χ4v) is 3.95. The molecule has 2 aliphatic rings. The summed E-state index contributed by atoms with van der Waals surface area (Å²) in [6.07, 6.45) is 2.36. The van der Waals surface area contributed by atoms with Crippen LogP contribution in [0.3, 0.4) is 0 Å². The zero-order valence-corrected chi connectivity index (χ0v) is 16.2. The lowest BCUT2D eigenvalue weighted by Gasteiger charge is -2.40. The first-order valence-corrected chi connectivity index (χ1v) is 10.1. The number of benzene rings is 2. The van der Waals surface area contributed by atoms with Gasteiger partial charge in [-0.05, 0) is 24.5 Å². The number of hydrogen-bond acceptors (Lipinski definition) is 4. The highest BCUT2D eigenvalue weighted by molar-refractivity contribution is 5.76. The normalized spacial score (nSPS) is 19.8. The number of carbonyl (C=O) groups excluding carboxylic acids is 1. The number of likely N-dealkylation sites (tertiary alicyclic amines) is 1. The van der Waals surface area contributed by atoms with Gasteiger partial charge >= 0.3 is 0 Å². The highest BCUT2D eigenvalue weighted by atomic mass is 16.5. The second kappa shape index (κ2) is 8.76. The van der Waals surface area contributed by atoms with Crippen LogP contribution in [0.25, 0.3) is 0 Å². The number of nitrogens with zero attached hydrogens (tertiary/aromatic N) is 1. The summed E-state index contributed by atoms with van der Waals surface area (Å²) in [4.78, 5) is 14.1. The number of para-hydroxylation sites is 1. The van der Waals surface area contributed by atoms with Crippen LogP contribution in [0.15, 0.2) is 54.6 Å². The molecule has 0 radical (unpaired) electrons. The SMILES string of the molecule is O=C1CCOC2(CCN(Cc3ccccc3OCc3ccccc3)CC2)CN1. The van der Waals surface area contributed by atoms with Gasteiger partial charge in [-0.2, -0.15) is 0 Å². The summed E-state index contributed by atoms with van der Waals surface area (Å²) in [6.45, 7) is 4.53. The minimum absolute atomic E-state index is 0.101. The Labute approximate surface area is 166 Å². The number of amides is 1. The van der Waals surface area contributed by atoms with Crippen LogP contribution in [-0.4, -0.2) is 42.6 Å². The lowest BCUT2D eigenvalue weighted by Crippen LogP contribution is -2.50. The van der Waals surface area contributed by atoms with E-state index in [1.165, 1.54) is 11.1 Å². The molecule has 0 bridgehead atoms. The predicted octanol–water partition coefficient (Wildman–Crippen LogP) is 3.14. The largest absolute Gasteiger partial charge is 0.489 e. The highest BCUT2D eigenvalue weighted by Gasteiger charge is 2.37. The third-order valence-electron chi connectivity index (χ3n) is 5.72. The van der Waals surface area contributed by atoms with Gasteiger partial charge in [-0.3, -0.25) is 9.69 Å². The third kappa shape index (κ3) is 4.72. The Morgan fingerprint density at radius 1 is 1.04 bits per heavy atom. The van der Waals surface area contributed by atoms with Crippen molar-refractivity contribution in [1.82, 2.24) is 10.2 Å². The first-order chi connectivity index (χ1) is 13.7. The van der Waals surface area contributed by atoms with Crippen molar-refractivity contribution in [3.8, 4) is 5.75 Å². The molecule has 1 amide bonds. The van der Waals surface area contributed by atoms with Gasteiger partial charge in [0.2, 0.25) is 5.91 Å². The molecular weight excluding hydrogens is 352 g/mol. The van der Waals surface area contributed by atoms with Crippen LogP contribution in [-0.2, 0) is 22.7 Å². The average molecular weight is 380 g/mol. The van der Waals surface area contributed by atoms with E-state index in [0.717, 1.165) is 38.2 Å². The van der Waals surface area contributed by atoms with Crippen molar-refractivity contribution < 1.29 is 14.3 Å². The van der Waals surface area contributed by atoms with Crippen molar-refractivity contribution in [2.24, 2.45) is 0 Å². The minimum Gasteiger partial charge on any atom is -0.489 e. The zero-order chi connectivity index (χ0) is 19.2. The lowest BCUT2D eigenvalue weighted by molar-refractivity contribution is -0.120. The molecule has 0 saturated carbocycles. The molecule has 4 rings (SSSR count). The van der Waals surface area contributed by atoms with Gasteiger partial charge in [0.25, 0.3) is 0 Å². The molecule has 5 nitrogen and oxygen atoms in total. The van der Waals surface area contributed by atoms with E-state index in [-0.39, 0.29) is 11.5 Å². The molecule has 2 aliphatic heterocycles. The Bertz CT molecular complexity index is 785. The van der Waals surface area contributed by atoms with Crippen LogP contribution in [0, 0.1) is 0 Å². The van der Waals surface area contributed by atoms with E-state index in [0.29, 0.717) is 26.2 Å². The van der Waals surface area contributed by atoms with Gasteiger partial charge in [0, 0.05) is 38.2 Å². The Balaban J connectivity index is 1.34. The van der Waals surface area contributed by atoms with Crippen LogP contribution in [0.2, 0.25) is 0 Å². The van der Waals surface area contributed by atoms with Crippen LogP contribution in [0.4, 0.5) is 0 Å². The molecule has 28 heavy (non-hydrogen) atoms. The molecule has 5 heteroatoms. The Morgan fingerprint density at radius 3 is 2.61 bits per heavy atom. The summed E-state index contributed by atoms with van der Waals surface area (Å²) >= 11 is 0. The van der Waals surface area contributed by atoms with E-state index in [9.17, 15) is 4.79 Å². The van der Waals surface area contributed by atoms with E-state index in [4.69, 9.17) is 9.47 Å². The van der Waals surface area contributed by atoms with Crippen molar-refractivity contribution in [3.63, 3.8) is 0 Å². The molecule has 2 heterocycles. The summed E-state index contributed by atoms with van der Waals surface area (Å²) in [7, 11) is 0. The second-order valence-corrected chi connectivity index (χ2v) is 7.72. The molecule has 0 aliphatic carbocycles. The smallest absolute Gasteiger partial charge is 0.222 e. The zero-order valence-electron chi connectivity index (χ0n) is 16.2. The van der Waals surface area contributed by atoms with Crippen molar-refractivity contribution in [2.75, 3.05) is 26.2 Å². The van der Waals surface area contributed by atoms with Crippen LogP contribution in [0.1, 0.15) is 30.4 Å². The molecule has 0 aromatic heterocycles. The summed E-state index contributed by atoms with van der Waals surface area (Å²) in [5.74, 6) is 1.05. The van der Waals surface area contributed by atoms with Crippen LogP contribution in [0.5, 0.6) is 5.75 Å². The predicted molar refractivity (Wildman–Crippen MR) is 108 cm³/mol. The minimum atomic E-state index is -0.189. The molecule has 2 aromatic carbocycles. The average Bonchev–Trinajstić information content (AvgIpc) is 2.92. The molecule has 2 aromatic rings. The number of carbonyl (C=O) groups is 1. The van der Waals surface area contributed by atoms with Crippen molar-refractivity contribution in [3.05, 3.63) is 65.7 Å². The number of rotatable bonds is 5. The van der Waals surface area contributed by atoms with Crippen molar-refractivity contribution in [2.45, 2.75) is 38.0 Å². The maximum absolute atomic E-state index is 11.6. The van der Waals surface area contributed by atoms with E-state index >= 15 is 0 Å². The van der Waals surface area contributed by atoms with Gasteiger partial charge in [-0.25, -0.2) is 0 Å². The Morgan fingerprint density at radius 2 is 1.79 bits per heavy atom. The number of ether oxygens (including phenoxy) is 2. The van der Waals surface area contributed by atoms with Crippen molar-refractivity contribution >= 4 is 5.91 Å². The van der Waals surface area contributed by atoms with E-state index < -0.39 is 0 Å². The highest BCUT2D eigenvalue weighted by Crippen LogP contribution is 2.29. The number of nitrogens with one attached hydrogen (secondary N) is 1. The summed E-state index contributed by atoms with van der Waals surface area (Å²) in [5.41, 5.74) is 2.20. The molecular formula is C23H28N2O3. The van der Waals surface area contributed by atoms with Crippen molar-refractivity contribution in [1.29, 1.82) is 0 Å². The van der Waals surface area contributed by atoms with Gasteiger partial charge < -0.3 is 14.8 Å². The maximum Gasteiger partial charge on any atom is 0.222 e. The second-order valence-electron chi connectivity index (χ2n) is 7.72. The van der Waals surface area contributed by atoms with E-state index in [1.54, 1.807) is 0 Å². The van der Waals surface area contributed by atoms with E-state index in [2.05, 4.69) is 34.5 Å².